The topological polar surface area (TPSA) is 81.6 Å². The van der Waals surface area contributed by atoms with E-state index in [0.717, 1.165) is 39.6 Å². The van der Waals surface area contributed by atoms with E-state index >= 15 is 0 Å². The van der Waals surface area contributed by atoms with Crippen LogP contribution in [0.4, 0.5) is 0 Å². The van der Waals surface area contributed by atoms with Gasteiger partial charge in [0.05, 0.1) is 17.9 Å². The number of aromatic nitrogens is 5. The second-order valence-electron chi connectivity index (χ2n) is 9.10. The van der Waals surface area contributed by atoms with Crippen molar-refractivity contribution in [1.29, 1.82) is 5.26 Å². The van der Waals surface area contributed by atoms with Gasteiger partial charge in [0.15, 0.2) is 17.3 Å². The van der Waals surface area contributed by atoms with Crippen molar-refractivity contribution < 1.29 is 4.74 Å². The van der Waals surface area contributed by atoms with Crippen LogP contribution in [-0.2, 0) is 18.6 Å². The molecular formula is C25H24N6O. The molecule has 0 unspecified atom stereocenters. The second kappa shape index (κ2) is 7.34. The van der Waals surface area contributed by atoms with E-state index < -0.39 is 0 Å². The molecule has 160 valence electrons. The molecule has 32 heavy (non-hydrogen) atoms. The number of imidazole rings is 1. The van der Waals surface area contributed by atoms with Crippen molar-refractivity contribution in [3.05, 3.63) is 77.1 Å². The highest BCUT2D eigenvalue weighted by Gasteiger charge is 2.26. The van der Waals surface area contributed by atoms with Crippen molar-refractivity contribution in [2.24, 2.45) is 0 Å². The summed E-state index contributed by atoms with van der Waals surface area (Å²) in [6.07, 6.45) is 1.71. The van der Waals surface area contributed by atoms with Gasteiger partial charge >= 0.3 is 0 Å². The van der Waals surface area contributed by atoms with Gasteiger partial charge in [-0.15, -0.1) is 10.2 Å². The summed E-state index contributed by atoms with van der Waals surface area (Å²) in [5.74, 6) is 2.30. The molecule has 0 saturated heterocycles. The van der Waals surface area contributed by atoms with Gasteiger partial charge in [-0.05, 0) is 36.1 Å². The highest BCUT2D eigenvalue weighted by molar-refractivity contribution is 5.70. The molecule has 0 aliphatic carbocycles. The smallest absolute Gasteiger partial charge is 0.171 e. The van der Waals surface area contributed by atoms with Crippen LogP contribution < -0.4 is 4.74 Å². The van der Waals surface area contributed by atoms with E-state index in [1.54, 1.807) is 6.33 Å². The van der Waals surface area contributed by atoms with E-state index in [-0.39, 0.29) is 12.0 Å². The van der Waals surface area contributed by atoms with Gasteiger partial charge in [-0.25, -0.2) is 4.98 Å². The molecule has 0 radical (unpaired) electrons. The van der Waals surface area contributed by atoms with Gasteiger partial charge in [0, 0.05) is 5.56 Å². The van der Waals surface area contributed by atoms with Gasteiger partial charge in [0.25, 0.3) is 0 Å². The number of para-hydroxylation sites is 1. The van der Waals surface area contributed by atoms with Crippen LogP contribution in [-0.4, -0.2) is 24.3 Å². The van der Waals surface area contributed by atoms with E-state index in [1.807, 2.05) is 39.5 Å². The lowest BCUT2D eigenvalue weighted by Crippen LogP contribution is -2.15. The number of rotatable bonds is 3. The fraction of sp³-hybridized carbons (Fsp3) is 0.280. The first-order valence-corrected chi connectivity index (χ1v) is 10.6. The fourth-order valence-corrected chi connectivity index (χ4v) is 4.18. The Bertz CT molecular complexity index is 1370. The highest BCUT2D eigenvalue weighted by atomic mass is 16.5. The number of ether oxygens (including phenoxy) is 1. The lowest BCUT2D eigenvalue weighted by atomic mass is 9.86. The van der Waals surface area contributed by atoms with Crippen LogP contribution in [0.1, 0.15) is 49.1 Å². The minimum atomic E-state index is -0.0387. The molecule has 0 fully saturated rings. The van der Waals surface area contributed by atoms with Crippen molar-refractivity contribution in [1.82, 2.24) is 24.3 Å². The van der Waals surface area contributed by atoms with Crippen LogP contribution >= 0.6 is 0 Å². The summed E-state index contributed by atoms with van der Waals surface area (Å²) in [5, 5.41) is 18.6. The molecule has 0 amide bonds. The van der Waals surface area contributed by atoms with Gasteiger partial charge in [-0.3, -0.25) is 4.57 Å². The zero-order chi connectivity index (χ0) is 22.5. The Balaban J connectivity index is 1.58. The standard InChI is InChI=1S/C25H24N6O/c1-16-9-10-20-17(11-16)24-29-28-23(30(24)13-21-19(12-26)27-15-31(20)21)14-32-22-8-6-5-7-18(22)25(2,3)4/h5-11,15H,13-14H2,1-4H3. The minimum absolute atomic E-state index is 0.0387. The molecule has 7 nitrogen and oxygen atoms in total. The van der Waals surface area contributed by atoms with E-state index in [0.29, 0.717) is 18.1 Å². The molecule has 2 aromatic carbocycles. The summed E-state index contributed by atoms with van der Waals surface area (Å²) < 4.78 is 10.2. The first-order valence-electron chi connectivity index (χ1n) is 10.6. The zero-order valence-electron chi connectivity index (χ0n) is 18.6. The normalized spacial score (nSPS) is 12.3. The van der Waals surface area contributed by atoms with Crippen LogP contribution in [0.25, 0.3) is 17.1 Å². The predicted molar refractivity (Wildman–Crippen MR) is 121 cm³/mol. The van der Waals surface area contributed by atoms with Crippen molar-refractivity contribution in [2.75, 3.05) is 0 Å². The quantitative estimate of drug-likeness (QED) is 0.424. The third kappa shape index (κ3) is 3.25. The van der Waals surface area contributed by atoms with E-state index in [1.165, 1.54) is 0 Å². The fourth-order valence-electron chi connectivity index (χ4n) is 4.18. The Hall–Kier alpha value is -3.92. The lowest BCUT2D eigenvalue weighted by Gasteiger charge is -2.22. The van der Waals surface area contributed by atoms with Gasteiger partial charge in [-0.2, -0.15) is 5.26 Å². The molecule has 3 heterocycles. The average Bonchev–Trinajstić information content (AvgIpc) is 3.33. The number of fused-ring (bicyclic) bond motifs is 5. The molecule has 4 aromatic rings. The molecule has 0 spiro atoms. The Morgan fingerprint density at radius 2 is 1.94 bits per heavy atom. The first-order chi connectivity index (χ1) is 15.4. The van der Waals surface area contributed by atoms with E-state index in [4.69, 9.17) is 4.74 Å². The first kappa shape index (κ1) is 20.0. The van der Waals surface area contributed by atoms with Crippen LogP contribution in [0.3, 0.4) is 0 Å². The zero-order valence-corrected chi connectivity index (χ0v) is 18.6. The Morgan fingerprint density at radius 3 is 2.72 bits per heavy atom. The molecule has 1 aliphatic heterocycles. The number of benzene rings is 2. The summed E-state index contributed by atoms with van der Waals surface area (Å²) in [6.45, 7) is 9.27. The number of hydrogen-bond acceptors (Lipinski definition) is 5. The lowest BCUT2D eigenvalue weighted by molar-refractivity contribution is 0.282. The SMILES string of the molecule is Cc1ccc2c(c1)-c1nnc(COc3ccccc3C(C)(C)C)n1Cc1c(C#N)ncn1-2. The molecule has 0 bridgehead atoms. The third-order valence-corrected chi connectivity index (χ3v) is 5.81. The van der Waals surface area contributed by atoms with Gasteiger partial charge < -0.3 is 9.30 Å². The minimum Gasteiger partial charge on any atom is -0.485 e. The third-order valence-electron chi connectivity index (χ3n) is 5.81. The molecule has 0 atom stereocenters. The molecular weight excluding hydrogens is 400 g/mol. The summed E-state index contributed by atoms with van der Waals surface area (Å²) >= 11 is 0. The average molecular weight is 425 g/mol. The number of aryl methyl sites for hydroxylation is 1. The summed E-state index contributed by atoms with van der Waals surface area (Å²) in [6, 6.07) is 16.5. The van der Waals surface area contributed by atoms with Crippen molar-refractivity contribution in [3.8, 4) is 28.9 Å². The van der Waals surface area contributed by atoms with Crippen molar-refractivity contribution >= 4 is 0 Å². The maximum atomic E-state index is 9.60. The Morgan fingerprint density at radius 1 is 1.12 bits per heavy atom. The maximum absolute atomic E-state index is 9.60. The highest BCUT2D eigenvalue weighted by Crippen LogP contribution is 2.34. The molecule has 1 aliphatic rings. The van der Waals surface area contributed by atoms with Crippen LogP contribution in [0.2, 0.25) is 0 Å². The van der Waals surface area contributed by atoms with Gasteiger partial charge in [-0.1, -0.05) is 50.6 Å². The van der Waals surface area contributed by atoms with E-state index in [9.17, 15) is 5.26 Å². The van der Waals surface area contributed by atoms with Crippen molar-refractivity contribution in [3.63, 3.8) is 0 Å². The summed E-state index contributed by atoms with van der Waals surface area (Å²) in [4.78, 5) is 4.31. The second-order valence-corrected chi connectivity index (χ2v) is 9.10. The van der Waals surface area contributed by atoms with Crippen LogP contribution in [0, 0.1) is 18.3 Å². The Kier molecular flexibility index (Phi) is 4.59. The van der Waals surface area contributed by atoms with Gasteiger partial charge in [0.2, 0.25) is 0 Å². The van der Waals surface area contributed by atoms with Crippen LogP contribution in [0.15, 0.2) is 48.8 Å². The molecule has 7 heteroatoms. The number of hydrogen-bond donors (Lipinski definition) is 0. The summed E-state index contributed by atoms with van der Waals surface area (Å²) in [7, 11) is 0. The molecule has 0 saturated carbocycles. The van der Waals surface area contributed by atoms with Gasteiger partial charge in [0.1, 0.15) is 24.8 Å². The molecule has 5 rings (SSSR count). The maximum Gasteiger partial charge on any atom is 0.171 e. The monoisotopic (exact) mass is 424 g/mol. The Labute approximate surface area is 186 Å². The molecule has 2 aromatic heterocycles. The van der Waals surface area contributed by atoms with Crippen molar-refractivity contribution in [2.45, 2.75) is 46.3 Å². The number of nitrogens with zero attached hydrogens (tertiary/aromatic N) is 6. The number of nitriles is 1. The molecule has 0 N–H and O–H groups in total. The predicted octanol–water partition coefficient (Wildman–Crippen LogP) is 4.55. The largest absolute Gasteiger partial charge is 0.485 e. The van der Waals surface area contributed by atoms with Crippen LogP contribution in [0.5, 0.6) is 5.75 Å². The van der Waals surface area contributed by atoms with E-state index in [2.05, 4.69) is 61.1 Å². The summed E-state index contributed by atoms with van der Waals surface area (Å²) in [5.41, 5.74) is 5.34.